The Morgan fingerprint density at radius 3 is 2.53 bits per heavy atom. The number of benzene rings is 3. The zero-order chi connectivity index (χ0) is 20.9. The van der Waals surface area contributed by atoms with Crippen LogP contribution in [0.25, 0.3) is 11.0 Å². The number of para-hydroxylation sites is 3. The van der Waals surface area contributed by atoms with Crippen LogP contribution < -0.4 is 14.8 Å². The molecule has 30 heavy (non-hydrogen) atoms. The molecule has 0 saturated heterocycles. The maximum atomic E-state index is 12.7. The van der Waals surface area contributed by atoms with Crippen LogP contribution in [0.15, 0.2) is 72.8 Å². The molecular formula is C23H20ClN3O3. The summed E-state index contributed by atoms with van der Waals surface area (Å²) in [4.78, 5) is 17.3. The minimum Gasteiger partial charge on any atom is -0.497 e. The summed E-state index contributed by atoms with van der Waals surface area (Å²) in [6, 6.07) is 21.9. The van der Waals surface area contributed by atoms with Gasteiger partial charge in [-0.25, -0.2) is 4.98 Å². The highest BCUT2D eigenvalue weighted by atomic mass is 35.5. The molecule has 0 fully saturated rings. The van der Waals surface area contributed by atoms with Gasteiger partial charge in [0.15, 0.2) is 0 Å². The van der Waals surface area contributed by atoms with Gasteiger partial charge in [0.2, 0.25) is 5.95 Å². The quantitative estimate of drug-likeness (QED) is 0.454. The van der Waals surface area contributed by atoms with Crippen molar-refractivity contribution in [3.8, 4) is 11.5 Å². The number of amides is 1. The second kappa shape index (κ2) is 8.88. The van der Waals surface area contributed by atoms with E-state index in [1.165, 1.54) is 0 Å². The molecule has 1 amide bonds. The van der Waals surface area contributed by atoms with E-state index in [9.17, 15) is 4.79 Å². The number of ether oxygens (including phenoxy) is 2. The molecule has 1 aromatic heterocycles. The van der Waals surface area contributed by atoms with Gasteiger partial charge in [0.25, 0.3) is 5.91 Å². The molecule has 0 aliphatic rings. The SMILES string of the molecule is COc1ccc(C(=O)Nc2nc3ccccc3n2CCOc2ccccc2Cl)cc1. The van der Waals surface area contributed by atoms with Crippen molar-refractivity contribution in [3.05, 3.63) is 83.4 Å². The number of nitrogens with one attached hydrogen (secondary N) is 1. The van der Waals surface area contributed by atoms with E-state index in [0.29, 0.717) is 41.2 Å². The van der Waals surface area contributed by atoms with Crippen molar-refractivity contribution >= 4 is 34.5 Å². The first-order valence-electron chi connectivity index (χ1n) is 9.44. The predicted octanol–water partition coefficient (Wildman–Crippen LogP) is 5.03. The van der Waals surface area contributed by atoms with Crippen LogP contribution in [0.5, 0.6) is 11.5 Å². The first-order chi connectivity index (χ1) is 14.7. The zero-order valence-corrected chi connectivity index (χ0v) is 17.1. The van der Waals surface area contributed by atoms with Gasteiger partial charge in [0.1, 0.15) is 18.1 Å². The van der Waals surface area contributed by atoms with Gasteiger partial charge in [-0.15, -0.1) is 0 Å². The molecule has 0 atom stereocenters. The summed E-state index contributed by atoms with van der Waals surface area (Å²) in [5.41, 5.74) is 2.22. The molecular weight excluding hydrogens is 402 g/mol. The Morgan fingerprint density at radius 2 is 1.77 bits per heavy atom. The largest absolute Gasteiger partial charge is 0.497 e. The number of carbonyl (C=O) groups is 1. The second-order valence-electron chi connectivity index (χ2n) is 6.54. The Labute approximate surface area is 179 Å². The number of hydrogen-bond acceptors (Lipinski definition) is 4. The van der Waals surface area contributed by atoms with Crippen LogP contribution in [0.2, 0.25) is 5.02 Å². The second-order valence-corrected chi connectivity index (χ2v) is 6.94. The van der Waals surface area contributed by atoms with Crippen molar-refractivity contribution in [3.63, 3.8) is 0 Å². The zero-order valence-electron chi connectivity index (χ0n) is 16.3. The Kier molecular flexibility index (Phi) is 5.86. The van der Waals surface area contributed by atoms with Gasteiger partial charge < -0.3 is 14.0 Å². The average molecular weight is 422 g/mol. The maximum Gasteiger partial charge on any atom is 0.257 e. The van der Waals surface area contributed by atoms with Crippen molar-refractivity contribution in [2.75, 3.05) is 19.0 Å². The average Bonchev–Trinajstić information content (AvgIpc) is 3.12. The first kappa shape index (κ1) is 19.8. The van der Waals surface area contributed by atoms with Crippen LogP contribution in [0, 0.1) is 0 Å². The topological polar surface area (TPSA) is 65.4 Å². The van der Waals surface area contributed by atoms with Crippen LogP contribution in [0.3, 0.4) is 0 Å². The minimum atomic E-state index is -0.249. The van der Waals surface area contributed by atoms with Crippen molar-refractivity contribution < 1.29 is 14.3 Å². The third-order valence-electron chi connectivity index (χ3n) is 4.64. The van der Waals surface area contributed by atoms with Crippen LogP contribution in [0.1, 0.15) is 10.4 Å². The van der Waals surface area contributed by atoms with Gasteiger partial charge in [-0.3, -0.25) is 10.1 Å². The fourth-order valence-corrected chi connectivity index (χ4v) is 3.31. The lowest BCUT2D eigenvalue weighted by Gasteiger charge is -2.12. The molecule has 6 nitrogen and oxygen atoms in total. The Balaban J connectivity index is 1.55. The lowest BCUT2D eigenvalue weighted by molar-refractivity contribution is 0.102. The highest BCUT2D eigenvalue weighted by molar-refractivity contribution is 6.32. The third-order valence-corrected chi connectivity index (χ3v) is 4.95. The smallest absolute Gasteiger partial charge is 0.257 e. The summed E-state index contributed by atoms with van der Waals surface area (Å²) >= 11 is 6.16. The molecule has 3 aromatic carbocycles. The number of halogens is 1. The monoisotopic (exact) mass is 421 g/mol. The minimum absolute atomic E-state index is 0.249. The molecule has 0 radical (unpaired) electrons. The summed E-state index contributed by atoms with van der Waals surface area (Å²) in [5, 5.41) is 3.46. The number of nitrogens with zero attached hydrogens (tertiary/aromatic N) is 2. The Bertz CT molecular complexity index is 1170. The third kappa shape index (κ3) is 4.23. The van der Waals surface area contributed by atoms with E-state index in [1.807, 2.05) is 47.0 Å². The van der Waals surface area contributed by atoms with Gasteiger partial charge >= 0.3 is 0 Å². The molecule has 1 heterocycles. The molecule has 4 aromatic rings. The van der Waals surface area contributed by atoms with Crippen LogP contribution >= 0.6 is 11.6 Å². The standard InChI is InChI=1S/C23H20ClN3O3/c1-29-17-12-10-16(11-13-17)22(28)26-23-25-19-7-3-4-8-20(19)27(23)14-15-30-21-9-5-2-6-18(21)24/h2-13H,14-15H2,1H3,(H,25,26,28). The summed E-state index contributed by atoms with van der Waals surface area (Å²) in [5.74, 6) is 1.52. The molecule has 4 rings (SSSR count). The number of fused-ring (bicyclic) bond motifs is 1. The van der Waals surface area contributed by atoms with Gasteiger partial charge in [0, 0.05) is 5.56 Å². The molecule has 0 spiro atoms. The molecule has 0 unspecified atom stereocenters. The van der Waals surface area contributed by atoms with Crippen molar-refractivity contribution in [2.24, 2.45) is 0 Å². The fourth-order valence-electron chi connectivity index (χ4n) is 3.12. The number of carbonyl (C=O) groups excluding carboxylic acids is 1. The number of aromatic nitrogens is 2. The number of hydrogen-bond donors (Lipinski definition) is 1. The van der Waals surface area contributed by atoms with Gasteiger partial charge in [-0.1, -0.05) is 35.9 Å². The van der Waals surface area contributed by atoms with E-state index in [0.717, 1.165) is 11.0 Å². The molecule has 1 N–H and O–H groups in total. The van der Waals surface area contributed by atoms with Gasteiger partial charge in [0.05, 0.1) is 29.7 Å². The van der Waals surface area contributed by atoms with Gasteiger partial charge in [-0.05, 0) is 48.5 Å². The summed E-state index contributed by atoms with van der Waals surface area (Å²) < 4.78 is 12.9. The van der Waals surface area contributed by atoms with Gasteiger partial charge in [-0.2, -0.15) is 0 Å². The molecule has 0 saturated carbocycles. The van der Waals surface area contributed by atoms with Crippen LogP contribution in [-0.2, 0) is 6.54 Å². The molecule has 7 heteroatoms. The summed E-state index contributed by atoms with van der Waals surface area (Å²) in [6.07, 6.45) is 0. The number of anilines is 1. The predicted molar refractivity (Wildman–Crippen MR) is 118 cm³/mol. The van der Waals surface area contributed by atoms with Crippen molar-refractivity contribution in [1.82, 2.24) is 9.55 Å². The Hall–Kier alpha value is -3.51. The number of imidazole rings is 1. The maximum absolute atomic E-state index is 12.7. The summed E-state index contributed by atoms with van der Waals surface area (Å²) in [6.45, 7) is 0.861. The lowest BCUT2D eigenvalue weighted by Crippen LogP contribution is -2.18. The van der Waals surface area contributed by atoms with E-state index in [4.69, 9.17) is 21.1 Å². The number of methoxy groups -OCH3 is 1. The van der Waals surface area contributed by atoms with E-state index in [2.05, 4.69) is 10.3 Å². The van der Waals surface area contributed by atoms with E-state index >= 15 is 0 Å². The highest BCUT2D eigenvalue weighted by Crippen LogP contribution is 2.24. The molecule has 0 aliphatic heterocycles. The molecule has 152 valence electrons. The fraction of sp³-hybridized carbons (Fsp3) is 0.130. The lowest BCUT2D eigenvalue weighted by atomic mass is 10.2. The van der Waals surface area contributed by atoms with Crippen molar-refractivity contribution in [2.45, 2.75) is 6.54 Å². The van der Waals surface area contributed by atoms with E-state index in [1.54, 1.807) is 37.4 Å². The molecule has 0 aliphatic carbocycles. The van der Waals surface area contributed by atoms with Crippen LogP contribution in [-0.4, -0.2) is 29.2 Å². The molecule has 0 bridgehead atoms. The normalized spacial score (nSPS) is 10.7. The Morgan fingerprint density at radius 1 is 1.03 bits per heavy atom. The van der Waals surface area contributed by atoms with Crippen molar-refractivity contribution in [1.29, 1.82) is 0 Å². The summed E-state index contributed by atoms with van der Waals surface area (Å²) in [7, 11) is 1.59. The number of rotatable bonds is 7. The van der Waals surface area contributed by atoms with E-state index < -0.39 is 0 Å². The van der Waals surface area contributed by atoms with Crippen LogP contribution in [0.4, 0.5) is 5.95 Å². The highest BCUT2D eigenvalue weighted by Gasteiger charge is 2.15. The van der Waals surface area contributed by atoms with E-state index in [-0.39, 0.29) is 5.91 Å². The first-order valence-corrected chi connectivity index (χ1v) is 9.81.